The number of aryl methyl sites for hydroxylation is 1. The zero-order valence-corrected chi connectivity index (χ0v) is 12.9. The van der Waals surface area contributed by atoms with Gasteiger partial charge in [-0.15, -0.1) is 0 Å². The van der Waals surface area contributed by atoms with Crippen LogP contribution >= 0.6 is 0 Å². The van der Waals surface area contributed by atoms with Crippen LogP contribution in [-0.4, -0.2) is 31.4 Å². The number of rotatable bonds is 4. The van der Waals surface area contributed by atoms with Crippen LogP contribution in [0.4, 0.5) is 0 Å². The van der Waals surface area contributed by atoms with Crippen molar-refractivity contribution in [3.05, 3.63) is 35.4 Å². The van der Waals surface area contributed by atoms with Gasteiger partial charge in [0.2, 0.25) is 5.91 Å². The lowest BCUT2D eigenvalue weighted by Gasteiger charge is -2.27. The molecule has 0 spiro atoms. The van der Waals surface area contributed by atoms with Gasteiger partial charge in [0.15, 0.2) is 0 Å². The van der Waals surface area contributed by atoms with E-state index in [9.17, 15) is 4.79 Å². The van der Waals surface area contributed by atoms with E-state index in [-0.39, 0.29) is 17.4 Å². The normalized spacial score (nSPS) is 13.4. The molecule has 0 heterocycles. The SMILES string of the molecule is Cc1ccc([C@@H](CNC(=O)C(C)(C)C)N(C)C)cc1. The van der Waals surface area contributed by atoms with Crippen LogP contribution in [0.1, 0.15) is 37.9 Å². The van der Waals surface area contributed by atoms with Crippen LogP contribution in [0.2, 0.25) is 0 Å². The Kier molecular flexibility index (Phi) is 5.12. The van der Waals surface area contributed by atoms with Crippen LogP contribution in [-0.2, 0) is 4.79 Å². The highest BCUT2D eigenvalue weighted by atomic mass is 16.2. The summed E-state index contributed by atoms with van der Waals surface area (Å²) in [4.78, 5) is 14.1. The zero-order chi connectivity index (χ0) is 14.6. The van der Waals surface area contributed by atoms with E-state index in [1.54, 1.807) is 0 Å². The van der Waals surface area contributed by atoms with E-state index in [1.165, 1.54) is 11.1 Å². The maximum absolute atomic E-state index is 11.9. The second-order valence-corrected chi connectivity index (χ2v) is 6.35. The maximum Gasteiger partial charge on any atom is 0.225 e. The molecular weight excluding hydrogens is 236 g/mol. The Balaban J connectivity index is 2.75. The molecule has 3 heteroatoms. The van der Waals surface area contributed by atoms with Gasteiger partial charge < -0.3 is 10.2 Å². The van der Waals surface area contributed by atoms with Crippen LogP contribution < -0.4 is 5.32 Å². The Bertz CT molecular complexity index is 415. The molecule has 0 aromatic heterocycles. The first kappa shape index (κ1) is 15.7. The second-order valence-electron chi connectivity index (χ2n) is 6.35. The minimum atomic E-state index is -0.343. The Morgan fingerprint density at radius 3 is 2.16 bits per heavy atom. The molecule has 0 fully saturated rings. The molecule has 1 aromatic rings. The smallest absolute Gasteiger partial charge is 0.225 e. The molecule has 1 amide bonds. The second kappa shape index (κ2) is 6.20. The standard InChI is InChI=1S/C16H26N2O/c1-12-7-9-13(10-8-12)14(18(5)6)11-17-15(19)16(2,3)4/h7-10,14H,11H2,1-6H3,(H,17,19)/t14-/m1/s1. The van der Waals surface area contributed by atoms with Gasteiger partial charge in [0.05, 0.1) is 6.04 Å². The minimum Gasteiger partial charge on any atom is -0.354 e. The molecule has 1 aromatic carbocycles. The van der Waals surface area contributed by atoms with Crippen molar-refractivity contribution in [1.82, 2.24) is 10.2 Å². The molecule has 106 valence electrons. The molecule has 0 radical (unpaired) electrons. The van der Waals surface area contributed by atoms with Crippen LogP contribution in [0.25, 0.3) is 0 Å². The summed E-state index contributed by atoms with van der Waals surface area (Å²) in [6.07, 6.45) is 0. The lowest BCUT2D eigenvalue weighted by Crippen LogP contribution is -2.40. The number of likely N-dealkylation sites (N-methyl/N-ethyl adjacent to an activating group) is 1. The van der Waals surface area contributed by atoms with E-state index in [0.717, 1.165) is 0 Å². The first-order valence-corrected chi connectivity index (χ1v) is 6.73. The quantitative estimate of drug-likeness (QED) is 0.905. The fourth-order valence-corrected chi connectivity index (χ4v) is 1.84. The lowest BCUT2D eigenvalue weighted by molar-refractivity contribution is -0.128. The third-order valence-electron chi connectivity index (χ3n) is 3.22. The zero-order valence-electron chi connectivity index (χ0n) is 12.9. The molecule has 0 bridgehead atoms. The monoisotopic (exact) mass is 262 g/mol. The molecular formula is C16H26N2O. The van der Waals surface area contributed by atoms with Gasteiger partial charge in [0.1, 0.15) is 0 Å². The van der Waals surface area contributed by atoms with Gasteiger partial charge in [0.25, 0.3) is 0 Å². The molecule has 0 aliphatic heterocycles. The summed E-state index contributed by atoms with van der Waals surface area (Å²) < 4.78 is 0. The van der Waals surface area contributed by atoms with Gasteiger partial charge in [-0.25, -0.2) is 0 Å². The van der Waals surface area contributed by atoms with E-state index in [1.807, 2.05) is 34.9 Å². The summed E-state index contributed by atoms with van der Waals surface area (Å²) in [6.45, 7) is 8.50. The average molecular weight is 262 g/mol. The number of benzene rings is 1. The number of nitrogens with one attached hydrogen (secondary N) is 1. The van der Waals surface area contributed by atoms with Crippen molar-refractivity contribution in [1.29, 1.82) is 0 Å². The van der Waals surface area contributed by atoms with Gasteiger partial charge in [-0.1, -0.05) is 50.6 Å². The van der Waals surface area contributed by atoms with Crippen molar-refractivity contribution in [3.63, 3.8) is 0 Å². The third-order valence-corrected chi connectivity index (χ3v) is 3.22. The van der Waals surface area contributed by atoms with Crippen molar-refractivity contribution < 1.29 is 4.79 Å². The number of hydrogen-bond donors (Lipinski definition) is 1. The molecule has 0 saturated carbocycles. The van der Waals surface area contributed by atoms with Crippen molar-refractivity contribution in [2.24, 2.45) is 5.41 Å². The van der Waals surface area contributed by atoms with Crippen LogP contribution in [0.15, 0.2) is 24.3 Å². The summed E-state index contributed by atoms with van der Waals surface area (Å²) in [5.41, 5.74) is 2.13. The molecule has 19 heavy (non-hydrogen) atoms. The number of carbonyl (C=O) groups is 1. The number of hydrogen-bond acceptors (Lipinski definition) is 2. The molecule has 3 nitrogen and oxygen atoms in total. The van der Waals surface area contributed by atoms with Crippen LogP contribution in [0.5, 0.6) is 0 Å². The minimum absolute atomic E-state index is 0.0893. The molecule has 0 saturated heterocycles. The fraction of sp³-hybridized carbons (Fsp3) is 0.562. The predicted molar refractivity (Wildman–Crippen MR) is 80.1 cm³/mol. The Morgan fingerprint density at radius 1 is 1.21 bits per heavy atom. The van der Waals surface area contributed by atoms with Gasteiger partial charge in [-0.2, -0.15) is 0 Å². The van der Waals surface area contributed by atoms with E-state index < -0.39 is 0 Å². The Hall–Kier alpha value is -1.35. The number of carbonyl (C=O) groups excluding carboxylic acids is 1. The van der Waals surface area contributed by atoms with Gasteiger partial charge in [0, 0.05) is 12.0 Å². The van der Waals surface area contributed by atoms with Crippen LogP contribution in [0, 0.1) is 12.3 Å². The third kappa shape index (κ3) is 4.67. The van der Waals surface area contributed by atoms with E-state index in [2.05, 4.69) is 41.4 Å². The van der Waals surface area contributed by atoms with Gasteiger partial charge in [-0.05, 0) is 26.6 Å². The largest absolute Gasteiger partial charge is 0.354 e. The molecule has 0 aliphatic rings. The van der Waals surface area contributed by atoms with E-state index in [4.69, 9.17) is 0 Å². The highest BCUT2D eigenvalue weighted by Gasteiger charge is 2.23. The average Bonchev–Trinajstić information content (AvgIpc) is 2.29. The first-order chi connectivity index (χ1) is 8.71. The molecule has 1 N–H and O–H groups in total. The van der Waals surface area contributed by atoms with Crippen molar-refractivity contribution in [3.8, 4) is 0 Å². The Labute approximate surface area is 117 Å². The summed E-state index contributed by atoms with van der Waals surface area (Å²) >= 11 is 0. The molecule has 1 rings (SSSR count). The predicted octanol–water partition coefficient (Wildman–Crippen LogP) is 2.76. The van der Waals surface area contributed by atoms with Crippen LogP contribution in [0.3, 0.4) is 0 Å². The van der Waals surface area contributed by atoms with Crippen molar-refractivity contribution in [2.45, 2.75) is 33.7 Å². The molecule has 0 unspecified atom stereocenters. The van der Waals surface area contributed by atoms with Gasteiger partial charge in [-0.3, -0.25) is 4.79 Å². The summed E-state index contributed by atoms with van der Waals surface area (Å²) in [5, 5.41) is 3.04. The first-order valence-electron chi connectivity index (χ1n) is 6.73. The highest BCUT2D eigenvalue weighted by molar-refractivity contribution is 5.81. The summed E-state index contributed by atoms with van der Waals surface area (Å²) in [5.74, 6) is 0.0893. The van der Waals surface area contributed by atoms with E-state index in [0.29, 0.717) is 6.54 Å². The van der Waals surface area contributed by atoms with Crippen molar-refractivity contribution >= 4 is 5.91 Å². The highest BCUT2D eigenvalue weighted by Crippen LogP contribution is 2.19. The van der Waals surface area contributed by atoms with E-state index >= 15 is 0 Å². The van der Waals surface area contributed by atoms with Crippen molar-refractivity contribution in [2.75, 3.05) is 20.6 Å². The molecule has 0 aliphatic carbocycles. The Morgan fingerprint density at radius 2 is 1.74 bits per heavy atom. The fourth-order valence-electron chi connectivity index (χ4n) is 1.84. The number of amides is 1. The topological polar surface area (TPSA) is 32.3 Å². The maximum atomic E-state index is 11.9. The summed E-state index contributed by atoms with van der Waals surface area (Å²) in [6, 6.07) is 8.67. The lowest BCUT2D eigenvalue weighted by atomic mass is 9.95. The molecule has 1 atom stereocenters. The van der Waals surface area contributed by atoms with Gasteiger partial charge >= 0.3 is 0 Å². The number of nitrogens with zero attached hydrogens (tertiary/aromatic N) is 1. The summed E-state index contributed by atoms with van der Waals surface area (Å²) in [7, 11) is 4.07.